The lowest BCUT2D eigenvalue weighted by Crippen LogP contribution is -2.14. The normalized spacial score (nSPS) is 15.6. The van der Waals surface area contributed by atoms with E-state index in [9.17, 15) is 0 Å². The highest BCUT2D eigenvalue weighted by molar-refractivity contribution is 5.86. The Morgan fingerprint density at radius 3 is 2.79 bits per heavy atom. The topological polar surface area (TPSA) is 30.7 Å². The number of nitrogens with zero attached hydrogens (tertiary/aromatic N) is 3. The number of benzene rings is 1. The predicted molar refractivity (Wildman–Crippen MR) is 75.5 cm³/mol. The Balaban J connectivity index is 1.93. The van der Waals surface area contributed by atoms with Gasteiger partial charge in [-0.1, -0.05) is 12.5 Å². The average molecular weight is 249 g/mol. The molecule has 0 saturated heterocycles. The van der Waals surface area contributed by atoms with Crippen LogP contribution in [0.4, 0.5) is 0 Å². The van der Waals surface area contributed by atoms with Crippen molar-refractivity contribution >= 4 is 10.9 Å². The zero-order valence-electron chi connectivity index (χ0n) is 10.7. The fourth-order valence-corrected chi connectivity index (χ4v) is 2.80. The molecule has 3 nitrogen and oxygen atoms in total. The Morgan fingerprint density at radius 1 is 1.00 bits per heavy atom. The van der Waals surface area contributed by atoms with Crippen LogP contribution in [0.2, 0.25) is 0 Å². The zero-order chi connectivity index (χ0) is 12.7. The van der Waals surface area contributed by atoms with Crippen LogP contribution < -0.4 is 0 Å². The van der Waals surface area contributed by atoms with Crippen molar-refractivity contribution < 1.29 is 0 Å². The van der Waals surface area contributed by atoms with Crippen LogP contribution in [0.5, 0.6) is 0 Å². The molecule has 1 aliphatic carbocycles. The third kappa shape index (κ3) is 1.65. The van der Waals surface area contributed by atoms with Gasteiger partial charge in [0.1, 0.15) is 0 Å². The minimum Gasteiger partial charge on any atom is -0.256 e. The highest BCUT2D eigenvalue weighted by atomic mass is 15.3. The molecule has 3 heteroatoms. The lowest BCUT2D eigenvalue weighted by molar-refractivity contribution is 0.403. The van der Waals surface area contributed by atoms with Gasteiger partial charge in [0.15, 0.2) is 0 Å². The summed E-state index contributed by atoms with van der Waals surface area (Å²) in [7, 11) is 0. The summed E-state index contributed by atoms with van der Waals surface area (Å²) in [5.74, 6) is 0.675. The SMILES string of the molecule is c1cc(-n2nccc2C2CCC2)c2cccnc2c1. The summed E-state index contributed by atoms with van der Waals surface area (Å²) in [6.07, 6.45) is 7.65. The molecular weight excluding hydrogens is 234 g/mol. The molecule has 0 bridgehead atoms. The highest BCUT2D eigenvalue weighted by Gasteiger charge is 2.23. The van der Waals surface area contributed by atoms with E-state index in [1.807, 2.05) is 24.5 Å². The van der Waals surface area contributed by atoms with E-state index in [2.05, 4.69) is 39.0 Å². The lowest BCUT2D eigenvalue weighted by atomic mass is 9.83. The fraction of sp³-hybridized carbons (Fsp3) is 0.250. The second-order valence-electron chi connectivity index (χ2n) is 5.14. The second-order valence-corrected chi connectivity index (χ2v) is 5.14. The average Bonchev–Trinajstić information content (AvgIpc) is 2.85. The first kappa shape index (κ1) is 10.7. The zero-order valence-corrected chi connectivity index (χ0v) is 10.7. The molecule has 0 radical (unpaired) electrons. The molecule has 94 valence electrons. The van der Waals surface area contributed by atoms with Crippen LogP contribution in [0, 0.1) is 0 Å². The monoisotopic (exact) mass is 249 g/mol. The van der Waals surface area contributed by atoms with Crippen molar-refractivity contribution in [1.82, 2.24) is 14.8 Å². The van der Waals surface area contributed by atoms with E-state index in [1.165, 1.54) is 25.0 Å². The van der Waals surface area contributed by atoms with Gasteiger partial charge in [-0.05, 0) is 43.2 Å². The molecule has 0 aliphatic heterocycles. The van der Waals surface area contributed by atoms with Crippen LogP contribution in [0.3, 0.4) is 0 Å². The largest absolute Gasteiger partial charge is 0.256 e. The van der Waals surface area contributed by atoms with Crippen LogP contribution in [-0.4, -0.2) is 14.8 Å². The van der Waals surface area contributed by atoms with E-state index in [0.717, 1.165) is 16.6 Å². The van der Waals surface area contributed by atoms with E-state index in [1.54, 1.807) is 0 Å². The molecule has 1 fully saturated rings. The van der Waals surface area contributed by atoms with Crippen molar-refractivity contribution in [2.75, 3.05) is 0 Å². The minimum absolute atomic E-state index is 0.675. The highest BCUT2D eigenvalue weighted by Crippen LogP contribution is 2.37. The third-order valence-electron chi connectivity index (χ3n) is 4.05. The Bertz CT molecular complexity index is 720. The Kier molecular flexibility index (Phi) is 2.37. The second kappa shape index (κ2) is 4.19. The molecule has 0 spiro atoms. The molecule has 1 aliphatic rings. The fourth-order valence-electron chi connectivity index (χ4n) is 2.80. The molecule has 2 heterocycles. The van der Waals surface area contributed by atoms with Gasteiger partial charge in [-0.25, -0.2) is 4.68 Å². The molecule has 0 atom stereocenters. The molecule has 4 rings (SSSR count). The number of aromatic nitrogens is 3. The summed E-state index contributed by atoms with van der Waals surface area (Å²) in [4.78, 5) is 4.42. The van der Waals surface area contributed by atoms with Gasteiger partial charge in [-0.3, -0.25) is 4.98 Å². The summed E-state index contributed by atoms with van der Waals surface area (Å²) in [5, 5.41) is 5.69. The van der Waals surface area contributed by atoms with E-state index < -0.39 is 0 Å². The van der Waals surface area contributed by atoms with Gasteiger partial charge in [-0.2, -0.15) is 5.10 Å². The minimum atomic E-state index is 0.675. The summed E-state index contributed by atoms with van der Waals surface area (Å²) in [5.41, 5.74) is 3.50. The van der Waals surface area contributed by atoms with Gasteiger partial charge in [0.05, 0.1) is 11.2 Å². The smallest absolute Gasteiger partial charge is 0.0742 e. The number of hydrogen-bond donors (Lipinski definition) is 0. The van der Waals surface area contributed by atoms with Crippen LogP contribution >= 0.6 is 0 Å². The van der Waals surface area contributed by atoms with Gasteiger partial charge in [0, 0.05) is 29.4 Å². The van der Waals surface area contributed by atoms with E-state index in [4.69, 9.17) is 0 Å². The number of pyridine rings is 1. The number of fused-ring (bicyclic) bond motifs is 1. The Labute approximate surface area is 111 Å². The van der Waals surface area contributed by atoms with Crippen molar-refractivity contribution in [1.29, 1.82) is 0 Å². The van der Waals surface area contributed by atoms with Crippen molar-refractivity contribution in [3.63, 3.8) is 0 Å². The number of hydrogen-bond acceptors (Lipinski definition) is 2. The first-order valence-electron chi connectivity index (χ1n) is 6.81. The van der Waals surface area contributed by atoms with Crippen molar-refractivity contribution in [3.05, 3.63) is 54.5 Å². The van der Waals surface area contributed by atoms with E-state index in [-0.39, 0.29) is 0 Å². The molecule has 0 amide bonds. The molecule has 0 N–H and O–H groups in total. The Hall–Kier alpha value is -2.16. The van der Waals surface area contributed by atoms with Gasteiger partial charge < -0.3 is 0 Å². The standard InChI is InChI=1S/C16H15N3/c1-4-12(5-1)15-9-11-18-19(15)16-8-2-7-14-13(16)6-3-10-17-14/h2-3,6-12H,1,4-5H2. The van der Waals surface area contributed by atoms with Gasteiger partial charge in [0.2, 0.25) is 0 Å². The molecule has 2 aromatic heterocycles. The van der Waals surface area contributed by atoms with Crippen LogP contribution in [0.15, 0.2) is 48.8 Å². The van der Waals surface area contributed by atoms with Gasteiger partial charge >= 0.3 is 0 Å². The molecule has 1 aromatic carbocycles. The van der Waals surface area contributed by atoms with Gasteiger partial charge in [0.25, 0.3) is 0 Å². The number of rotatable bonds is 2. The van der Waals surface area contributed by atoms with Gasteiger partial charge in [-0.15, -0.1) is 0 Å². The van der Waals surface area contributed by atoms with Crippen LogP contribution in [0.25, 0.3) is 16.6 Å². The molecule has 19 heavy (non-hydrogen) atoms. The maximum absolute atomic E-state index is 4.53. The third-order valence-corrected chi connectivity index (χ3v) is 4.05. The summed E-state index contributed by atoms with van der Waals surface area (Å²) in [6, 6.07) is 12.5. The molecular formula is C16H15N3. The molecule has 3 aromatic rings. The first-order chi connectivity index (χ1) is 9.43. The van der Waals surface area contributed by atoms with Crippen molar-refractivity contribution in [2.45, 2.75) is 25.2 Å². The summed E-state index contributed by atoms with van der Waals surface area (Å²) in [6.45, 7) is 0. The van der Waals surface area contributed by atoms with Crippen LogP contribution in [-0.2, 0) is 0 Å². The summed E-state index contributed by atoms with van der Waals surface area (Å²) >= 11 is 0. The van der Waals surface area contributed by atoms with Crippen LogP contribution in [0.1, 0.15) is 30.9 Å². The first-order valence-corrected chi connectivity index (χ1v) is 6.81. The van der Waals surface area contributed by atoms with Crippen molar-refractivity contribution in [3.8, 4) is 5.69 Å². The quantitative estimate of drug-likeness (QED) is 0.693. The summed E-state index contributed by atoms with van der Waals surface area (Å²) < 4.78 is 2.09. The Morgan fingerprint density at radius 2 is 1.95 bits per heavy atom. The van der Waals surface area contributed by atoms with E-state index >= 15 is 0 Å². The molecule has 0 unspecified atom stereocenters. The maximum Gasteiger partial charge on any atom is 0.0742 e. The molecule has 1 saturated carbocycles. The van der Waals surface area contributed by atoms with E-state index in [0.29, 0.717) is 5.92 Å². The predicted octanol–water partition coefficient (Wildman–Crippen LogP) is 3.69. The van der Waals surface area contributed by atoms with Crippen molar-refractivity contribution in [2.24, 2.45) is 0 Å². The lowest BCUT2D eigenvalue weighted by Gasteiger charge is -2.26. The maximum atomic E-state index is 4.53.